The molecule has 1 unspecified atom stereocenters. The molecule has 1 atom stereocenters. The van der Waals surface area contributed by atoms with E-state index >= 15 is 0 Å². The molecular formula is C21H30ClN3O3S. The van der Waals surface area contributed by atoms with E-state index in [4.69, 9.17) is 11.6 Å². The molecule has 1 saturated carbocycles. The molecular weight excluding hydrogens is 410 g/mol. The van der Waals surface area contributed by atoms with Crippen LogP contribution in [0.25, 0.3) is 0 Å². The number of carbonyl (C=O) groups is 3. The van der Waals surface area contributed by atoms with Crippen LogP contribution in [0.15, 0.2) is 24.3 Å². The van der Waals surface area contributed by atoms with Gasteiger partial charge in [0.1, 0.15) is 6.04 Å². The molecule has 160 valence electrons. The zero-order chi connectivity index (χ0) is 21.1. The van der Waals surface area contributed by atoms with Crippen LogP contribution in [0, 0.1) is 5.92 Å². The van der Waals surface area contributed by atoms with Gasteiger partial charge in [-0.05, 0) is 43.4 Å². The summed E-state index contributed by atoms with van der Waals surface area (Å²) in [6.45, 7) is 0.712. The molecule has 3 amide bonds. The molecule has 0 aliphatic heterocycles. The molecule has 0 aromatic heterocycles. The first kappa shape index (κ1) is 23.5. The Kier molecular flexibility index (Phi) is 10.4. The maximum Gasteiger partial charge on any atom is 0.253 e. The topological polar surface area (TPSA) is 87.3 Å². The number of carbonyl (C=O) groups excluding carboxylic acids is 3. The van der Waals surface area contributed by atoms with Crippen LogP contribution in [-0.2, 0) is 9.59 Å². The number of halogens is 1. The first-order valence-corrected chi connectivity index (χ1v) is 11.9. The van der Waals surface area contributed by atoms with E-state index in [1.807, 2.05) is 6.26 Å². The predicted molar refractivity (Wildman–Crippen MR) is 118 cm³/mol. The molecule has 0 spiro atoms. The Morgan fingerprint density at radius 1 is 1.10 bits per heavy atom. The average molecular weight is 440 g/mol. The van der Waals surface area contributed by atoms with E-state index in [-0.39, 0.29) is 23.6 Å². The Bertz CT molecular complexity index is 696. The second-order valence-electron chi connectivity index (χ2n) is 7.20. The van der Waals surface area contributed by atoms with E-state index in [0.717, 1.165) is 31.4 Å². The first-order valence-electron chi connectivity index (χ1n) is 10.1. The third-order valence-corrected chi connectivity index (χ3v) is 6.02. The van der Waals surface area contributed by atoms with E-state index in [1.165, 1.54) is 6.42 Å². The minimum atomic E-state index is -0.653. The highest BCUT2D eigenvalue weighted by Gasteiger charge is 2.23. The highest BCUT2D eigenvalue weighted by atomic mass is 35.5. The quantitative estimate of drug-likeness (QED) is 0.489. The van der Waals surface area contributed by atoms with Crippen LogP contribution in [-0.4, -0.2) is 48.9 Å². The van der Waals surface area contributed by atoms with Crippen molar-refractivity contribution in [3.63, 3.8) is 0 Å². The van der Waals surface area contributed by atoms with E-state index in [2.05, 4.69) is 16.0 Å². The molecule has 0 bridgehead atoms. The molecule has 8 heteroatoms. The minimum Gasteiger partial charge on any atom is -0.354 e. The van der Waals surface area contributed by atoms with E-state index < -0.39 is 6.04 Å². The molecule has 0 heterocycles. The van der Waals surface area contributed by atoms with Gasteiger partial charge >= 0.3 is 0 Å². The van der Waals surface area contributed by atoms with Gasteiger partial charge in [-0.3, -0.25) is 14.4 Å². The Morgan fingerprint density at radius 3 is 2.48 bits per heavy atom. The lowest BCUT2D eigenvalue weighted by Gasteiger charge is -2.21. The van der Waals surface area contributed by atoms with Crippen LogP contribution >= 0.6 is 23.4 Å². The van der Waals surface area contributed by atoms with Crippen LogP contribution in [0.2, 0.25) is 5.02 Å². The van der Waals surface area contributed by atoms with Gasteiger partial charge in [0, 0.05) is 19.0 Å². The summed E-state index contributed by atoms with van der Waals surface area (Å²) in [5.74, 6) is 0.279. The van der Waals surface area contributed by atoms with Gasteiger partial charge in [-0.15, -0.1) is 0 Å². The summed E-state index contributed by atoms with van der Waals surface area (Å²) in [4.78, 5) is 37.2. The fourth-order valence-electron chi connectivity index (χ4n) is 3.39. The summed E-state index contributed by atoms with van der Waals surface area (Å²) in [5.41, 5.74) is 0.343. The normalized spacial score (nSPS) is 15.4. The van der Waals surface area contributed by atoms with Crippen molar-refractivity contribution in [3.05, 3.63) is 34.9 Å². The third kappa shape index (κ3) is 7.90. The number of hydrogen-bond acceptors (Lipinski definition) is 4. The summed E-state index contributed by atoms with van der Waals surface area (Å²) in [5, 5.41) is 8.83. The molecule has 1 aliphatic rings. The van der Waals surface area contributed by atoms with Crippen LogP contribution in [0.5, 0.6) is 0 Å². The Hall–Kier alpha value is -1.73. The molecule has 6 nitrogen and oxygen atoms in total. The average Bonchev–Trinajstić information content (AvgIpc) is 2.74. The zero-order valence-corrected chi connectivity index (χ0v) is 18.4. The highest BCUT2D eigenvalue weighted by Crippen LogP contribution is 2.23. The summed E-state index contributed by atoms with van der Waals surface area (Å²) in [6, 6.07) is 6.09. The number of nitrogens with one attached hydrogen (secondary N) is 3. The van der Waals surface area contributed by atoms with Gasteiger partial charge < -0.3 is 16.0 Å². The molecule has 0 saturated heterocycles. The fourth-order valence-corrected chi connectivity index (χ4v) is 4.08. The van der Waals surface area contributed by atoms with Crippen molar-refractivity contribution in [2.45, 2.75) is 44.6 Å². The summed E-state index contributed by atoms with van der Waals surface area (Å²) in [6.07, 6.45) is 7.78. The van der Waals surface area contributed by atoms with Crippen LogP contribution in [0.3, 0.4) is 0 Å². The minimum absolute atomic E-state index is 0.0740. The predicted octanol–water partition coefficient (Wildman–Crippen LogP) is 3.00. The number of benzene rings is 1. The van der Waals surface area contributed by atoms with Crippen LogP contribution in [0.4, 0.5) is 0 Å². The van der Waals surface area contributed by atoms with Crippen molar-refractivity contribution in [1.29, 1.82) is 0 Å². The first-order chi connectivity index (χ1) is 14.0. The SMILES string of the molecule is CSCCC(NC(=O)c1ccccc1Cl)C(=O)NCCNC(=O)C1CCCCC1. The van der Waals surface area contributed by atoms with E-state index in [1.54, 1.807) is 36.0 Å². The Labute approximate surface area is 181 Å². The molecule has 0 radical (unpaired) electrons. The second kappa shape index (κ2) is 12.8. The van der Waals surface area contributed by atoms with Gasteiger partial charge in [-0.25, -0.2) is 0 Å². The highest BCUT2D eigenvalue weighted by molar-refractivity contribution is 7.98. The molecule has 29 heavy (non-hydrogen) atoms. The van der Waals surface area contributed by atoms with Gasteiger partial charge in [0.05, 0.1) is 10.6 Å². The van der Waals surface area contributed by atoms with Crippen molar-refractivity contribution in [2.75, 3.05) is 25.1 Å². The lowest BCUT2D eigenvalue weighted by Crippen LogP contribution is -2.48. The van der Waals surface area contributed by atoms with Crippen molar-refractivity contribution >= 4 is 41.1 Å². The Morgan fingerprint density at radius 2 is 1.79 bits per heavy atom. The second-order valence-corrected chi connectivity index (χ2v) is 8.60. The monoisotopic (exact) mass is 439 g/mol. The number of hydrogen-bond donors (Lipinski definition) is 3. The molecule has 1 fully saturated rings. The van der Waals surface area contributed by atoms with Gasteiger partial charge in [0.2, 0.25) is 11.8 Å². The summed E-state index contributed by atoms with van der Waals surface area (Å²) < 4.78 is 0. The standard InChI is InChI=1S/C21H30ClN3O3S/c1-29-14-11-18(25-20(27)16-9-5-6-10-17(16)22)21(28)24-13-12-23-19(26)15-7-3-2-4-8-15/h5-6,9-10,15,18H,2-4,7-8,11-14H2,1H3,(H,23,26)(H,24,28)(H,25,27). The van der Waals surface area contributed by atoms with Crippen molar-refractivity contribution in [1.82, 2.24) is 16.0 Å². The van der Waals surface area contributed by atoms with Crippen molar-refractivity contribution in [2.24, 2.45) is 5.92 Å². The smallest absolute Gasteiger partial charge is 0.253 e. The molecule has 1 aromatic carbocycles. The van der Waals surface area contributed by atoms with Gasteiger partial charge in [-0.2, -0.15) is 11.8 Å². The number of thioether (sulfide) groups is 1. The molecule has 1 aromatic rings. The molecule has 3 N–H and O–H groups in total. The number of rotatable bonds is 10. The zero-order valence-electron chi connectivity index (χ0n) is 16.8. The largest absolute Gasteiger partial charge is 0.354 e. The van der Waals surface area contributed by atoms with Crippen LogP contribution < -0.4 is 16.0 Å². The summed E-state index contributed by atoms with van der Waals surface area (Å²) in [7, 11) is 0. The maximum atomic E-state index is 12.6. The van der Waals surface area contributed by atoms with E-state index in [9.17, 15) is 14.4 Å². The molecule has 1 aliphatic carbocycles. The number of amides is 3. The molecule has 2 rings (SSSR count). The van der Waals surface area contributed by atoms with Gasteiger partial charge in [-0.1, -0.05) is 43.0 Å². The van der Waals surface area contributed by atoms with Crippen LogP contribution in [0.1, 0.15) is 48.9 Å². The van der Waals surface area contributed by atoms with Crippen molar-refractivity contribution in [3.8, 4) is 0 Å². The fraction of sp³-hybridized carbons (Fsp3) is 0.571. The summed E-state index contributed by atoms with van der Waals surface area (Å²) >= 11 is 7.68. The maximum absolute atomic E-state index is 12.6. The van der Waals surface area contributed by atoms with Crippen molar-refractivity contribution < 1.29 is 14.4 Å². The Balaban J connectivity index is 1.80. The van der Waals surface area contributed by atoms with Gasteiger partial charge in [0.25, 0.3) is 5.91 Å². The van der Waals surface area contributed by atoms with Gasteiger partial charge in [0.15, 0.2) is 0 Å². The lowest BCUT2D eigenvalue weighted by atomic mass is 9.89. The third-order valence-electron chi connectivity index (χ3n) is 5.05. The lowest BCUT2D eigenvalue weighted by molar-refractivity contribution is -0.126. The van der Waals surface area contributed by atoms with E-state index in [0.29, 0.717) is 30.1 Å².